The third-order valence-corrected chi connectivity index (χ3v) is 6.39. The first-order chi connectivity index (χ1) is 14.0. The van der Waals surface area contributed by atoms with Crippen LogP contribution in [0, 0.1) is 13.8 Å². The number of aromatic nitrogens is 5. The molecular formula is C22H30N6OS. The molecule has 8 heteroatoms. The van der Waals surface area contributed by atoms with Crippen LogP contribution in [-0.2, 0) is 24.3 Å². The molecule has 0 fully saturated rings. The van der Waals surface area contributed by atoms with Gasteiger partial charge in [0.05, 0.1) is 22.3 Å². The van der Waals surface area contributed by atoms with E-state index < -0.39 is 0 Å². The lowest BCUT2D eigenvalue weighted by atomic mass is 9.87. The topological polar surface area (TPSA) is 77.6 Å². The molecule has 0 radical (unpaired) electrons. The quantitative estimate of drug-likeness (QED) is 0.617. The highest BCUT2D eigenvalue weighted by Crippen LogP contribution is 2.29. The number of amides is 1. The van der Waals surface area contributed by atoms with Gasteiger partial charge in [0.15, 0.2) is 11.0 Å². The van der Waals surface area contributed by atoms with Crippen molar-refractivity contribution in [2.45, 2.75) is 57.4 Å². The molecule has 7 nitrogen and oxygen atoms in total. The Labute approximate surface area is 182 Å². The second-order valence-corrected chi connectivity index (χ2v) is 9.92. The number of anilines is 1. The summed E-state index contributed by atoms with van der Waals surface area (Å²) in [4.78, 5) is 12.7. The lowest BCUT2D eigenvalue weighted by Crippen LogP contribution is -2.23. The van der Waals surface area contributed by atoms with Crippen LogP contribution >= 0.6 is 11.8 Å². The van der Waals surface area contributed by atoms with Crippen molar-refractivity contribution in [3.8, 4) is 11.4 Å². The summed E-state index contributed by atoms with van der Waals surface area (Å²) in [7, 11) is 3.79. The Kier molecular flexibility index (Phi) is 6.08. The molecule has 2 heterocycles. The predicted molar refractivity (Wildman–Crippen MR) is 122 cm³/mol. The average Bonchev–Trinajstić information content (AvgIpc) is 3.15. The SMILES string of the molecule is Cc1nn(C)c(C)c1NC(=O)[C@H](C)Sc1nnc(-c2ccc(C(C)(C)C)cc2)n1C. The molecule has 0 unspecified atom stereocenters. The highest BCUT2D eigenvalue weighted by atomic mass is 32.2. The number of hydrogen-bond acceptors (Lipinski definition) is 5. The number of hydrogen-bond donors (Lipinski definition) is 1. The number of aryl methyl sites for hydroxylation is 2. The van der Waals surface area contributed by atoms with Crippen LogP contribution < -0.4 is 5.32 Å². The zero-order valence-electron chi connectivity index (χ0n) is 18.9. The standard InChI is InChI=1S/C22H30N6OS/c1-13-18(14(2)28(8)26-13)23-20(29)15(3)30-21-25-24-19(27(21)7)16-9-11-17(12-10-16)22(4,5)6/h9-12,15H,1-8H3,(H,23,29)/t15-/m0/s1. The lowest BCUT2D eigenvalue weighted by molar-refractivity contribution is -0.115. The number of thioether (sulfide) groups is 1. The van der Waals surface area contributed by atoms with E-state index in [9.17, 15) is 4.79 Å². The Hall–Kier alpha value is -2.61. The molecule has 1 amide bonds. The van der Waals surface area contributed by atoms with Gasteiger partial charge in [-0.05, 0) is 31.7 Å². The number of rotatable bonds is 5. The Morgan fingerprint density at radius 1 is 1.10 bits per heavy atom. The summed E-state index contributed by atoms with van der Waals surface area (Å²) in [5.74, 6) is 0.697. The summed E-state index contributed by atoms with van der Waals surface area (Å²) in [6, 6.07) is 8.41. The molecule has 30 heavy (non-hydrogen) atoms. The van der Waals surface area contributed by atoms with Gasteiger partial charge >= 0.3 is 0 Å². The number of carbonyl (C=O) groups excluding carboxylic acids is 1. The third kappa shape index (κ3) is 4.43. The summed E-state index contributed by atoms with van der Waals surface area (Å²) < 4.78 is 3.70. The van der Waals surface area contributed by atoms with Gasteiger partial charge in [-0.2, -0.15) is 5.10 Å². The fourth-order valence-corrected chi connectivity index (χ4v) is 3.99. The molecule has 0 aliphatic carbocycles. The van der Waals surface area contributed by atoms with E-state index in [4.69, 9.17) is 0 Å². The largest absolute Gasteiger partial charge is 0.322 e. The van der Waals surface area contributed by atoms with Crippen molar-refractivity contribution in [1.82, 2.24) is 24.5 Å². The van der Waals surface area contributed by atoms with Gasteiger partial charge in [-0.25, -0.2) is 0 Å². The second kappa shape index (κ2) is 8.26. The van der Waals surface area contributed by atoms with Crippen LogP contribution in [0.5, 0.6) is 0 Å². The van der Waals surface area contributed by atoms with E-state index in [-0.39, 0.29) is 16.6 Å². The molecule has 160 valence electrons. The minimum Gasteiger partial charge on any atom is -0.322 e. The number of nitrogens with zero attached hydrogens (tertiary/aromatic N) is 5. The smallest absolute Gasteiger partial charge is 0.237 e. The second-order valence-electron chi connectivity index (χ2n) is 8.61. The zero-order chi connectivity index (χ0) is 22.2. The Morgan fingerprint density at radius 2 is 1.73 bits per heavy atom. The van der Waals surface area contributed by atoms with E-state index in [2.05, 4.69) is 65.6 Å². The van der Waals surface area contributed by atoms with E-state index in [0.717, 1.165) is 28.5 Å². The Balaban J connectivity index is 1.73. The maximum absolute atomic E-state index is 12.7. The van der Waals surface area contributed by atoms with Crippen LogP contribution in [0.15, 0.2) is 29.4 Å². The first-order valence-electron chi connectivity index (χ1n) is 9.97. The van der Waals surface area contributed by atoms with E-state index in [1.165, 1.54) is 17.3 Å². The van der Waals surface area contributed by atoms with Crippen molar-refractivity contribution in [3.63, 3.8) is 0 Å². The van der Waals surface area contributed by atoms with Crippen LogP contribution in [0.2, 0.25) is 0 Å². The van der Waals surface area contributed by atoms with Crippen molar-refractivity contribution >= 4 is 23.4 Å². The van der Waals surface area contributed by atoms with Crippen molar-refractivity contribution in [1.29, 1.82) is 0 Å². The van der Waals surface area contributed by atoms with Crippen molar-refractivity contribution in [2.75, 3.05) is 5.32 Å². The normalized spacial score (nSPS) is 12.8. The minimum atomic E-state index is -0.331. The minimum absolute atomic E-state index is 0.0849. The molecule has 3 aromatic rings. The van der Waals surface area contributed by atoms with E-state index in [0.29, 0.717) is 5.16 Å². The van der Waals surface area contributed by atoms with Crippen molar-refractivity contribution < 1.29 is 4.79 Å². The van der Waals surface area contributed by atoms with Gasteiger partial charge in [-0.15, -0.1) is 10.2 Å². The van der Waals surface area contributed by atoms with Gasteiger partial charge in [-0.3, -0.25) is 9.48 Å². The zero-order valence-corrected chi connectivity index (χ0v) is 19.8. The monoisotopic (exact) mass is 426 g/mol. The molecule has 0 aliphatic rings. The first kappa shape index (κ1) is 22.1. The third-order valence-electron chi connectivity index (χ3n) is 5.25. The fourth-order valence-electron chi connectivity index (χ4n) is 3.18. The van der Waals surface area contributed by atoms with Crippen molar-refractivity contribution in [3.05, 3.63) is 41.2 Å². The number of benzene rings is 1. The molecule has 0 saturated carbocycles. The Bertz CT molecular complexity index is 1060. The van der Waals surface area contributed by atoms with Crippen LogP contribution in [0.4, 0.5) is 5.69 Å². The van der Waals surface area contributed by atoms with Gasteiger partial charge in [-0.1, -0.05) is 56.8 Å². The first-order valence-corrected chi connectivity index (χ1v) is 10.8. The molecule has 1 atom stereocenters. The molecule has 1 N–H and O–H groups in total. The van der Waals surface area contributed by atoms with Crippen LogP contribution in [0.25, 0.3) is 11.4 Å². The van der Waals surface area contributed by atoms with Gasteiger partial charge < -0.3 is 9.88 Å². The maximum Gasteiger partial charge on any atom is 0.237 e. The summed E-state index contributed by atoms with van der Waals surface area (Å²) >= 11 is 1.39. The molecule has 0 aliphatic heterocycles. The van der Waals surface area contributed by atoms with Crippen LogP contribution in [0.3, 0.4) is 0 Å². The molecule has 0 spiro atoms. The van der Waals surface area contributed by atoms with Crippen LogP contribution in [0.1, 0.15) is 44.6 Å². The maximum atomic E-state index is 12.7. The summed E-state index contributed by atoms with van der Waals surface area (Å²) in [5.41, 5.74) is 4.89. The fraction of sp³-hybridized carbons (Fsp3) is 0.455. The molecule has 2 aromatic heterocycles. The molecule has 0 saturated heterocycles. The lowest BCUT2D eigenvalue weighted by Gasteiger charge is -2.19. The summed E-state index contributed by atoms with van der Waals surface area (Å²) in [6.07, 6.45) is 0. The molecule has 3 rings (SSSR count). The van der Waals surface area contributed by atoms with Gasteiger partial charge in [0.1, 0.15) is 0 Å². The summed E-state index contributed by atoms with van der Waals surface area (Å²) in [5, 5.41) is 16.4. The number of carbonyl (C=O) groups is 1. The molecular weight excluding hydrogens is 396 g/mol. The highest BCUT2D eigenvalue weighted by molar-refractivity contribution is 8.00. The van der Waals surface area contributed by atoms with Crippen molar-refractivity contribution in [2.24, 2.45) is 14.1 Å². The summed E-state index contributed by atoms with van der Waals surface area (Å²) in [6.45, 7) is 12.3. The average molecular weight is 427 g/mol. The van der Waals surface area contributed by atoms with E-state index in [1.54, 1.807) is 4.68 Å². The predicted octanol–water partition coefficient (Wildman–Crippen LogP) is 4.25. The Morgan fingerprint density at radius 3 is 2.27 bits per heavy atom. The molecule has 1 aromatic carbocycles. The molecule has 0 bridgehead atoms. The van der Waals surface area contributed by atoms with E-state index >= 15 is 0 Å². The van der Waals surface area contributed by atoms with Gasteiger partial charge in [0.25, 0.3) is 0 Å². The highest BCUT2D eigenvalue weighted by Gasteiger charge is 2.22. The van der Waals surface area contributed by atoms with E-state index in [1.807, 2.05) is 39.4 Å². The number of nitrogens with one attached hydrogen (secondary N) is 1. The van der Waals surface area contributed by atoms with Gasteiger partial charge in [0.2, 0.25) is 5.91 Å². The van der Waals surface area contributed by atoms with Gasteiger partial charge in [0, 0.05) is 19.7 Å². The van der Waals surface area contributed by atoms with Crippen LogP contribution in [-0.4, -0.2) is 35.7 Å².